The molecule has 0 aromatic rings. The highest BCUT2D eigenvalue weighted by atomic mass is 16.5. The van der Waals surface area contributed by atoms with Gasteiger partial charge in [-0.2, -0.15) is 0 Å². The van der Waals surface area contributed by atoms with Crippen molar-refractivity contribution in [3.05, 3.63) is 0 Å². The quantitative estimate of drug-likeness (QED) is 0.633. The Morgan fingerprint density at radius 2 is 2.00 bits per heavy atom. The van der Waals surface area contributed by atoms with Crippen LogP contribution in [0, 0.1) is 5.41 Å². The standard InChI is InChI=1S/C8H17NO.C2H6/c1-8(7-10-3)4-5-9(2)6-8;1-2/h4-7H2,1-3H3;1-2H3. The molecule has 0 radical (unpaired) electrons. The fourth-order valence-corrected chi connectivity index (χ4v) is 1.74. The minimum Gasteiger partial charge on any atom is -0.384 e. The first kappa shape index (κ1) is 11.9. The number of rotatable bonds is 2. The Hall–Kier alpha value is -0.0800. The minimum absolute atomic E-state index is 0.420. The van der Waals surface area contributed by atoms with E-state index in [1.165, 1.54) is 19.5 Å². The van der Waals surface area contributed by atoms with E-state index in [4.69, 9.17) is 4.74 Å². The molecule has 0 aromatic heterocycles. The molecule has 12 heavy (non-hydrogen) atoms. The van der Waals surface area contributed by atoms with Crippen LogP contribution in [-0.4, -0.2) is 38.8 Å². The molecule has 0 aliphatic carbocycles. The first-order valence-electron chi connectivity index (χ1n) is 4.84. The van der Waals surface area contributed by atoms with Crippen molar-refractivity contribution in [1.82, 2.24) is 4.90 Å². The highest BCUT2D eigenvalue weighted by Crippen LogP contribution is 2.28. The van der Waals surface area contributed by atoms with Gasteiger partial charge in [0.2, 0.25) is 0 Å². The maximum absolute atomic E-state index is 5.15. The lowest BCUT2D eigenvalue weighted by molar-refractivity contribution is 0.0985. The lowest BCUT2D eigenvalue weighted by atomic mass is 9.91. The fraction of sp³-hybridized carbons (Fsp3) is 1.00. The third-order valence-electron chi connectivity index (χ3n) is 2.24. The number of likely N-dealkylation sites (tertiary alicyclic amines) is 1. The molecule has 0 amide bonds. The van der Waals surface area contributed by atoms with Gasteiger partial charge in [-0.05, 0) is 20.0 Å². The van der Waals surface area contributed by atoms with Gasteiger partial charge in [0.25, 0.3) is 0 Å². The Bertz CT molecular complexity index is 112. The molecule has 0 spiro atoms. The molecule has 1 aliphatic heterocycles. The van der Waals surface area contributed by atoms with E-state index < -0.39 is 0 Å². The first-order valence-corrected chi connectivity index (χ1v) is 4.84. The highest BCUT2D eigenvalue weighted by molar-refractivity contribution is 4.84. The van der Waals surface area contributed by atoms with Crippen molar-refractivity contribution < 1.29 is 4.74 Å². The summed E-state index contributed by atoms with van der Waals surface area (Å²) in [7, 11) is 3.95. The van der Waals surface area contributed by atoms with Crippen LogP contribution in [0.3, 0.4) is 0 Å². The summed E-state index contributed by atoms with van der Waals surface area (Å²) < 4.78 is 5.15. The van der Waals surface area contributed by atoms with Crippen molar-refractivity contribution in [1.29, 1.82) is 0 Å². The molecule has 1 unspecified atom stereocenters. The zero-order chi connectivity index (χ0) is 9.61. The van der Waals surface area contributed by atoms with Crippen LogP contribution in [0.1, 0.15) is 27.2 Å². The zero-order valence-corrected chi connectivity index (χ0v) is 9.18. The lowest BCUT2D eigenvalue weighted by Crippen LogP contribution is -2.26. The fourth-order valence-electron chi connectivity index (χ4n) is 1.74. The summed E-state index contributed by atoms with van der Waals surface area (Å²) in [6, 6.07) is 0. The second kappa shape index (κ2) is 5.55. The van der Waals surface area contributed by atoms with Crippen LogP contribution in [0.15, 0.2) is 0 Å². The van der Waals surface area contributed by atoms with Crippen LogP contribution < -0.4 is 0 Å². The third kappa shape index (κ3) is 3.55. The van der Waals surface area contributed by atoms with Crippen molar-refractivity contribution in [2.24, 2.45) is 5.41 Å². The van der Waals surface area contributed by atoms with E-state index in [2.05, 4.69) is 18.9 Å². The molecule has 0 saturated carbocycles. The van der Waals surface area contributed by atoms with Crippen LogP contribution in [-0.2, 0) is 4.74 Å². The second-order valence-electron chi connectivity index (χ2n) is 3.73. The molecule has 1 atom stereocenters. The van der Waals surface area contributed by atoms with E-state index in [9.17, 15) is 0 Å². The summed E-state index contributed by atoms with van der Waals surface area (Å²) in [5, 5.41) is 0. The van der Waals surface area contributed by atoms with E-state index in [1.807, 2.05) is 13.8 Å². The average molecular weight is 173 g/mol. The van der Waals surface area contributed by atoms with E-state index in [-0.39, 0.29) is 0 Å². The number of nitrogens with zero attached hydrogens (tertiary/aromatic N) is 1. The van der Waals surface area contributed by atoms with E-state index in [0.29, 0.717) is 5.41 Å². The number of ether oxygens (including phenoxy) is 1. The molecule has 1 heterocycles. The summed E-state index contributed by atoms with van der Waals surface area (Å²) in [5.41, 5.74) is 0.420. The van der Waals surface area contributed by atoms with Crippen molar-refractivity contribution in [2.45, 2.75) is 27.2 Å². The first-order chi connectivity index (χ1) is 5.66. The van der Waals surface area contributed by atoms with Gasteiger partial charge in [-0.3, -0.25) is 0 Å². The normalized spacial score (nSPS) is 29.8. The number of hydrogen-bond donors (Lipinski definition) is 0. The maximum atomic E-state index is 5.15. The highest BCUT2D eigenvalue weighted by Gasteiger charge is 2.31. The van der Waals surface area contributed by atoms with Gasteiger partial charge in [-0.25, -0.2) is 0 Å². The van der Waals surface area contributed by atoms with Crippen molar-refractivity contribution >= 4 is 0 Å². The van der Waals surface area contributed by atoms with Gasteiger partial charge in [-0.1, -0.05) is 20.8 Å². The summed E-state index contributed by atoms with van der Waals surface area (Å²) in [5.74, 6) is 0. The van der Waals surface area contributed by atoms with Gasteiger partial charge < -0.3 is 9.64 Å². The Morgan fingerprint density at radius 1 is 1.42 bits per heavy atom. The Balaban J connectivity index is 0.000000561. The van der Waals surface area contributed by atoms with Crippen LogP contribution in [0.5, 0.6) is 0 Å². The third-order valence-corrected chi connectivity index (χ3v) is 2.24. The van der Waals surface area contributed by atoms with E-state index in [0.717, 1.165) is 6.61 Å². The largest absolute Gasteiger partial charge is 0.384 e. The Kier molecular flexibility index (Phi) is 5.51. The molecule has 1 rings (SSSR count). The SMILES string of the molecule is CC.COCC1(C)CCN(C)C1. The molecule has 0 bridgehead atoms. The van der Waals surface area contributed by atoms with Gasteiger partial charge in [-0.15, -0.1) is 0 Å². The molecular formula is C10H23NO. The van der Waals surface area contributed by atoms with Crippen molar-refractivity contribution in [2.75, 3.05) is 33.9 Å². The Labute approximate surface area is 76.9 Å². The zero-order valence-electron chi connectivity index (χ0n) is 9.18. The molecule has 1 saturated heterocycles. The summed E-state index contributed by atoms with van der Waals surface area (Å²) in [6.45, 7) is 9.60. The molecular weight excluding hydrogens is 150 g/mol. The molecule has 1 aliphatic rings. The van der Waals surface area contributed by atoms with Gasteiger partial charge in [0.05, 0.1) is 6.61 Å². The topological polar surface area (TPSA) is 12.5 Å². The molecule has 0 aromatic carbocycles. The van der Waals surface area contributed by atoms with E-state index in [1.54, 1.807) is 7.11 Å². The molecule has 0 N–H and O–H groups in total. The predicted octanol–water partition coefficient (Wildman–Crippen LogP) is 2.00. The monoisotopic (exact) mass is 173 g/mol. The maximum Gasteiger partial charge on any atom is 0.0528 e. The minimum atomic E-state index is 0.420. The lowest BCUT2D eigenvalue weighted by Gasteiger charge is -2.21. The van der Waals surface area contributed by atoms with Crippen LogP contribution >= 0.6 is 0 Å². The predicted molar refractivity (Wildman–Crippen MR) is 53.4 cm³/mol. The number of hydrogen-bond acceptors (Lipinski definition) is 2. The van der Waals surface area contributed by atoms with Crippen LogP contribution in [0.2, 0.25) is 0 Å². The molecule has 74 valence electrons. The molecule has 2 nitrogen and oxygen atoms in total. The second-order valence-corrected chi connectivity index (χ2v) is 3.73. The van der Waals surface area contributed by atoms with Crippen molar-refractivity contribution in [3.8, 4) is 0 Å². The van der Waals surface area contributed by atoms with Gasteiger partial charge in [0.1, 0.15) is 0 Å². The number of methoxy groups -OCH3 is 1. The van der Waals surface area contributed by atoms with Gasteiger partial charge in [0.15, 0.2) is 0 Å². The Morgan fingerprint density at radius 3 is 2.33 bits per heavy atom. The summed E-state index contributed by atoms with van der Waals surface area (Å²) >= 11 is 0. The van der Waals surface area contributed by atoms with Crippen LogP contribution in [0.25, 0.3) is 0 Å². The van der Waals surface area contributed by atoms with Gasteiger partial charge in [0, 0.05) is 19.1 Å². The van der Waals surface area contributed by atoms with Gasteiger partial charge >= 0.3 is 0 Å². The van der Waals surface area contributed by atoms with E-state index >= 15 is 0 Å². The summed E-state index contributed by atoms with van der Waals surface area (Å²) in [6.07, 6.45) is 1.28. The summed E-state index contributed by atoms with van der Waals surface area (Å²) in [4.78, 5) is 2.36. The molecule has 2 heteroatoms. The smallest absolute Gasteiger partial charge is 0.0528 e. The van der Waals surface area contributed by atoms with Crippen molar-refractivity contribution in [3.63, 3.8) is 0 Å². The molecule has 1 fully saturated rings. The van der Waals surface area contributed by atoms with Crippen LogP contribution in [0.4, 0.5) is 0 Å². The average Bonchev–Trinajstić information content (AvgIpc) is 2.36.